The molecule has 0 saturated heterocycles. The zero-order chi connectivity index (χ0) is 14.1. The Bertz CT molecular complexity index is 633. The van der Waals surface area contributed by atoms with E-state index in [-0.39, 0.29) is 11.9 Å². The number of hydrogen-bond donors (Lipinski definition) is 1. The molecule has 0 bridgehead atoms. The fourth-order valence-corrected chi connectivity index (χ4v) is 2.82. The van der Waals surface area contributed by atoms with Crippen LogP contribution in [0.1, 0.15) is 40.5 Å². The van der Waals surface area contributed by atoms with Crippen LogP contribution in [0.3, 0.4) is 0 Å². The Hall–Kier alpha value is -1.81. The third-order valence-corrected chi connectivity index (χ3v) is 4.04. The number of nitrogens with zero attached hydrogens (tertiary/aromatic N) is 2. The van der Waals surface area contributed by atoms with Gasteiger partial charge in [0.15, 0.2) is 0 Å². The van der Waals surface area contributed by atoms with Crippen LogP contribution in [0.25, 0.3) is 0 Å². The number of benzene rings is 1. The maximum atomic E-state index is 12.3. The van der Waals surface area contributed by atoms with Crippen LogP contribution in [0.2, 0.25) is 5.02 Å². The first-order valence-electron chi connectivity index (χ1n) is 6.72. The number of hydrogen-bond acceptors (Lipinski definition) is 2. The fourth-order valence-electron chi connectivity index (χ4n) is 2.70. The summed E-state index contributed by atoms with van der Waals surface area (Å²) in [6.45, 7) is 0. The molecule has 3 rings (SSSR count). The highest BCUT2D eigenvalue weighted by Crippen LogP contribution is 2.29. The van der Waals surface area contributed by atoms with Gasteiger partial charge in [0.05, 0.1) is 12.2 Å². The minimum atomic E-state index is -0.0663. The third-order valence-electron chi connectivity index (χ3n) is 3.79. The third kappa shape index (κ3) is 2.43. The van der Waals surface area contributed by atoms with Crippen LogP contribution >= 0.6 is 11.6 Å². The van der Waals surface area contributed by atoms with Crippen LogP contribution < -0.4 is 5.32 Å². The van der Waals surface area contributed by atoms with Crippen molar-refractivity contribution in [3.63, 3.8) is 0 Å². The SMILES string of the molecule is Cn1ncc2c1CCCC2NC(=O)c1ccc(Cl)cc1. The number of carbonyl (C=O) groups is 1. The first-order valence-corrected chi connectivity index (χ1v) is 7.10. The molecule has 2 aromatic rings. The zero-order valence-electron chi connectivity index (χ0n) is 11.3. The van der Waals surface area contributed by atoms with Gasteiger partial charge in [0, 0.05) is 28.9 Å². The molecule has 0 fully saturated rings. The standard InChI is InChI=1S/C15H16ClN3O/c1-19-14-4-2-3-13(12(14)9-17-19)18-15(20)10-5-7-11(16)8-6-10/h5-9,13H,2-4H2,1H3,(H,18,20). The smallest absolute Gasteiger partial charge is 0.251 e. The molecule has 20 heavy (non-hydrogen) atoms. The quantitative estimate of drug-likeness (QED) is 0.924. The Morgan fingerprint density at radius 2 is 2.15 bits per heavy atom. The van der Waals surface area contributed by atoms with E-state index in [0.717, 1.165) is 24.8 Å². The normalized spacial score (nSPS) is 17.6. The van der Waals surface area contributed by atoms with Crippen LogP contribution in [0, 0.1) is 0 Å². The molecule has 1 aromatic carbocycles. The number of aryl methyl sites for hydroxylation is 1. The van der Waals surface area contributed by atoms with Crippen molar-refractivity contribution >= 4 is 17.5 Å². The van der Waals surface area contributed by atoms with Crippen molar-refractivity contribution in [1.29, 1.82) is 0 Å². The van der Waals surface area contributed by atoms with Crippen molar-refractivity contribution in [1.82, 2.24) is 15.1 Å². The van der Waals surface area contributed by atoms with Gasteiger partial charge in [0.2, 0.25) is 0 Å². The number of rotatable bonds is 2. The van der Waals surface area contributed by atoms with Gasteiger partial charge in [-0.3, -0.25) is 9.48 Å². The van der Waals surface area contributed by atoms with Gasteiger partial charge in [0.1, 0.15) is 0 Å². The molecule has 1 amide bonds. The van der Waals surface area contributed by atoms with E-state index in [1.54, 1.807) is 24.3 Å². The van der Waals surface area contributed by atoms with Crippen LogP contribution in [0.5, 0.6) is 0 Å². The first kappa shape index (κ1) is 13.2. The molecule has 4 nitrogen and oxygen atoms in total. The Balaban J connectivity index is 1.78. The summed E-state index contributed by atoms with van der Waals surface area (Å²) in [7, 11) is 1.95. The average Bonchev–Trinajstić information content (AvgIpc) is 2.82. The monoisotopic (exact) mass is 289 g/mol. The summed E-state index contributed by atoms with van der Waals surface area (Å²) in [5.41, 5.74) is 2.99. The van der Waals surface area contributed by atoms with Crippen LogP contribution in [-0.4, -0.2) is 15.7 Å². The highest BCUT2D eigenvalue weighted by molar-refractivity contribution is 6.30. The van der Waals surface area contributed by atoms with Gasteiger partial charge >= 0.3 is 0 Å². The molecule has 1 atom stereocenters. The van der Waals surface area contributed by atoms with Crippen molar-refractivity contribution in [2.24, 2.45) is 7.05 Å². The van der Waals surface area contributed by atoms with Crippen LogP contribution in [-0.2, 0) is 13.5 Å². The van der Waals surface area contributed by atoms with E-state index in [2.05, 4.69) is 10.4 Å². The number of halogens is 1. The van der Waals surface area contributed by atoms with Crippen molar-refractivity contribution in [2.45, 2.75) is 25.3 Å². The molecule has 0 aliphatic heterocycles. The molecule has 0 radical (unpaired) electrons. The number of carbonyl (C=O) groups excluding carboxylic acids is 1. The predicted molar refractivity (Wildman–Crippen MR) is 77.8 cm³/mol. The van der Waals surface area contributed by atoms with E-state index in [0.29, 0.717) is 10.6 Å². The summed E-state index contributed by atoms with van der Waals surface area (Å²) in [5, 5.41) is 8.01. The summed E-state index contributed by atoms with van der Waals surface area (Å²) < 4.78 is 1.90. The maximum Gasteiger partial charge on any atom is 0.251 e. The summed E-state index contributed by atoms with van der Waals surface area (Å²) in [5.74, 6) is -0.0663. The van der Waals surface area contributed by atoms with Gasteiger partial charge in [0.25, 0.3) is 5.91 Å². The number of nitrogens with one attached hydrogen (secondary N) is 1. The molecular formula is C15H16ClN3O. The van der Waals surface area contributed by atoms with Gasteiger partial charge < -0.3 is 5.32 Å². The first-order chi connectivity index (χ1) is 9.65. The van der Waals surface area contributed by atoms with Crippen molar-refractivity contribution in [3.05, 3.63) is 52.3 Å². The Morgan fingerprint density at radius 1 is 1.40 bits per heavy atom. The Morgan fingerprint density at radius 3 is 2.90 bits per heavy atom. The van der Waals surface area contributed by atoms with E-state index < -0.39 is 0 Å². The van der Waals surface area contributed by atoms with E-state index in [1.807, 2.05) is 17.9 Å². The largest absolute Gasteiger partial charge is 0.345 e. The fraction of sp³-hybridized carbons (Fsp3) is 0.333. The lowest BCUT2D eigenvalue weighted by molar-refractivity contribution is 0.0932. The van der Waals surface area contributed by atoms with E-state index in [4.69, 9.17) is 11.6 Å². The number of aromatic nitrogens is 2. The molecule has 1 aromatic heterocycles. The second-order valence-electron chi connectivity index (χ2n) is 5.10. The van der Waals surface area contributed by atoms with Crippen LogP contribution in [0.4, 0.5) is 0 Å². The lowest BCUT2D eigenvalue weighted by atomic mass is 9.93. The van der Waals surface area contributed by atoms with Gasteiger partial charge in [-0.2, -0.15) is 5.10 Å². The molecule has 0 spiro atoms. The minimum absolute atomic E-state index is 0.0515. The predicted octanol–water partition coefficient (Wildman–Crippen LogP) is 2.88. The summed E-state index contributed by atoms with van der Waals surface area (Å²) in [6.07, 6.45) is 4.91. The molecule has 5 heteroatoms. The molecule has 1 aliphatic rings. The topological polar surface area (TPSA) is 46.9 Å². The number of fused-ring (bicyclic) bond motifs is 1. The van der Waals surface area contributed by atoms with E-state index in [1.165, 1.54) is 5.69 Å². The highest BCUT2D eigenvalue weighted by atomic mass is 35.5. The van der Waals surface area contributed by atoms with Crippen molar-refractivity contribution in [3.8, 4) is 0 Å². The van der Waals surface area contributed by atoms with Crippen molar-refractivity contribution < 1.29 is 4.79 Å². The lowest BCUT2D eigenvalue weighted by Crippen LogP contribution is -2.30. The summed E-state index contributed by atoms with van der Waals surface area (Å²) in [6, 6.07) is 6.99. The molecule has 104 valence electrons. The summed E-state index contributed by atoms with van der Waals surface area (Å²) in [4.78, 5) is 12.3. The molecule has 1 unspecified atom stereocenters. The second kappa shape index (κ2) is 5.29. The maximum absolute atomic E-state index is 12.3. The second-order valence-corrected chi connectivity index (χ2v) is 5.53. The Kier molecular flexibility index (Phi) is 3.49. The molecule has 0 saturated carbocycles. The van der Waals surface area contributed by atoms with Crippen molar-refractivity contribution in [2.75, 3.05) is 0 Å². The summed E-state index contributed by atoms with van der Waals surface area (Å²) >= 11 is 5.84. The zero-order valence-corrected chi connectivity index (χ0v) is 12.0. The van der Waals surface area contributed by atoms with Gasteiger partial charge in [-0.15, -0.1) is 0 Å². The average molecular weight is 290 g/mol. The minimum Gasteiger partial charge on any atom is -0.345 e. The van der Waals surface area contributed by atoms with Gasteiger partial charge in [-0.05, 0) is 43.5 Å². The van der Waals surface area contributed by atoms with Gasteiger partial charge in [-0.25, -0.2) is 0 Å². The highest BCUT2D eigenvalue weighted by Gasteiger charge is 2.24. The van der Waals surface area contributed by atoms with E-state index >= 15 is 0 Å². The lowest BCUT2D eigenvalue weighted by Gasteiger charge is -2.23. The molecule has 1 N–H and O–H groups in total. The number of amides is 1. The van der Waals surface area contributed by atoms with Gasteiger partial charge in [-0.1, -0.05) is 11.6 Å². The molecule has 1 heterocycles. The van der Waals surface area contributed by atoms with Crippen LogP contribution in [0.15, 0.2) is 30.5 Å². The molecular weight excluding hydrogens is 274 g/mol. The Labute approximate surface area is 122 Å². The molecule has 1 aliphatic carbocycles. The van der Waals surface area contributed by atoms with E-state index in [9.17, 15) is 4.79 Å².